The number of hydrogen-bond donors (Lipinski definition) is 2. The molecule has 2 N–H and O–H groups in total. The van der Waals surface area contributed by atoms with E-state index in [1.807, 2.05) is 0 Å². The average Bonchev–Trinajstić information content (AvgIpc) is 1.95. The van der Waals surface area contributed by atoms with Crippen LogP contribution in [0.4, 0.5) is 0 Å². The molecule has 0 aromatic heterocycles. The van der Waals surface area contributed by atoms with Gasteiger partial charge in [0.1, 0.15) is 0 Å². The number of hydrogen-bond acceptors (Lipinski definition) is 2. The van der Waals surface area contributed by atoms with Crippen molar-refractivity contribution in [2.75, 3.05) is 0 Å². The van der Waals surface area contributed by atoms with Gasteiger partial charge in [0, 0.05) is 12.8 Å². The number of rotatable bonds is 7. The van der Waals surface area contributed by atoms with Gasteiger partial charge in [-0.2, -0.15) is 0 Å². The molecule has 0 aromatic carbocycles. The first kappa shape index (κ1) is 15.3. The van der Waals surface area contributed by atoms with Crippen LogP contribution in [0.5, 0.6) is 0 Å². The third-order valence-corrected chi connectivity index (χ3v) is 1.53. The van der Waals surface area contributed by atoms with Crippen molar-refractivity contribution in [1.82, 2.24) is 0 Å². The van der Waals surface area contributed by atoms with E-state index in [9.17, 15) is 9.59 Å². The molecule has 0 aliphatic heterocycles. The second kappa shape index (κ2) is 9.95. The Hall–Kier alpha value is -0.138. The van der Waals surface area contributed by atoms with Crippen molar-refractivity contribution >= 4 is 39.2 Å². The summed E-state index contributed by atoms with van der Waals surface area (Å²) >= 11 is 0. The zero-order valence-electron chi connectivity index (χ0n) is 7.66. The molecule has 13 heavy (non-hydrogen) atoms. The summed E-state index contributed by atoms with van der Waals surface area (Å²) in [6.45, 7) is 0. The van der Waals surface area contributed by atoms with Gasteiger partial charge in [0.2, 0.25) is 0 Å². The van der Waals surface area contributed by atoms with Crippen LogP contribution >= 0.6 is 0 Å². The first-order valence-electron chi connectivity index (χ1n) is 4.06. The Morgan fingerprint density at radius 1 is 0.769 bits per heavy atom. The topological polar surface area (TPSA) is 74.6 Å². The minimum atomic E-state index is -0.784. The van der Waals surface area contributed by atoms with Crippen molar-refractivity contribution in [2.45, 2.75) is 38.5 Å². The van der Waals surface area contributed by atoms with Crippen LogP contribution in [0.2, 0.25) is 0 Å². The Labute approximate surface area is 97.5 Å². The van der Waals surface area contributed by atoms with E-state index < -0.39 is 11.9 Å². The van der Waals surface area contributed by atoms with Gasteiger partial charge in [0.25, 0.3) is 0 Å². The van der Waals surface area contributed by atoms with Gasteiger partial charge >= 0.3 is 39.2 Å². The van der Waals surface area contributed by atoms with Crippen molar-refractivity contribution in [3.8, 4) is 0 Å². The second-order valence-corrected chi connectivity index (χ2v) is 2.70. The molecule has 0 spiro atoms. The molecule has 0 aliphatic carbocycles. The number of aliphatic carboxylic acids is 2. The van der Waals surface area contributed by atoms with E-state index in [1.54, 1.807) is 0 Å². The van der Waals surface area contributed by atoms with Gasteiger partial charge in [-0.15, -0.1) is 0 Å². The van der Waals surface area contributed by atoms with Crippen molar-refractivity contribution < 1.29 is 19.8 Å². The summed E-state index contributed by atoms with van der Waals surface area (Å²) < 4.78 is 0. The Bertz CT molecular complexity index is 140. The number of unbranched alkanes of at least 4 members (excludes halogenated alkanes) is 3. The predicted octanol–water partition coefficient (Wildman–Crippen LogP) is 0.580. The van der Waals surface area contributed by atoms with Gasteiger partial charge < -0.3 is 10.2 Å². The summed E-state index contributed by atoms with van der Waals surface area (Å²) in [6, 6.07) is 0. The molecule has 0 unspecified atom stereocenters. The molecule has 0 aromatic rings. The van der Waals surface area contributed by atoms with Gasteiger partial charge in [-0.1, -0.05) is 12.8 Å². The van der Waals surface area contributed by atoms with Crippen LogP contribution in [-0.2, 0) is 9.59 Å². The average molecular weight is 383 g/mol. The second-order valence-electron chi connectivity index (χ2n) is 2.70. The molecule has 76 valence electrons. The summed E-state index contributed by atoms with van der Waals surface area (Å²) in [5, 5.41) is 16.5. The van der Waals surface area contributed by atoms with Crippen molar-refractivity contribution in [3.05, 3.63) is 0 Å². The number of carbonyl (C=O) groups is 2. The molecule has 0 amide bonds. The third-order valence-electron chi connectivity index (χ3n) is 1.53. The molecule has 0 bridgehead atoms. The predicted molar refractivity (Wildman–Crippen MR) is 51.5 cm³/mol. The van der Waals surface area contributed by atoms with Crippen LogP contribution in [0.1, 0.15) is 38.5 Å². The number of carboxylic acid groups (broad SMARTS) is 2. The molecule has 0 atom stereocenters. The summed E-state index contributed by atoms with van der Waals surface area (Å²) in [4.78, 5) is 20.1. The van der Waals surface area contributed by atoms with Crippen LogP contribution in [0, 0.1) is 0 Å². The maximum absolute atomic E-state index is 10.0. The third kappa shape index (κ3) is 14.7. The van der Waals surface area contributed by atoms with Gasteiger partial charge in [0.15, 0.2) is 0 Å². The molecule has 4 nitrogen and oxygen atoms in total. The Kier molecular flexibility index (Phi) is 11.7. The first-order chi connectivity index (χ1) is 5.63. The van der Waals surface area contributed by atoms with E-state index >= 15 is 0 Å². The van der Waals surface area contributed by atoms with E-state index in [0.29, 0.717) is 12.8 Å². The van der Waals surface area contributed by atoms with Crippen molar-refractivity contribution in [1.29, 1.82) is 0 Å². The molecule has 0 rings (SSSR count). The molecule has 0 saturated carbocycles. The van der Waals surface area contributed by atoms with E-state index in [0.717, 1.165) is 12.8 Å². The van der Waals surface area contributed by atoms with E-state index in [2.05, 4.69) is 0 Å². The zero-order chi connectivity index (χ0) is 9.40. The summed E-state index contributed by atoms with van der Waals surface area (Å²) in [7, 11) is 0. The van der Waals surface area contributed by atoms with E-state index in [4.69, 9.17) is 10.2 Å². The minimum absolute atomic E-state index is 0. The molecule has 5 heteroatoms. The normalized spacial score (nSPS) is 8.92. The molecular weight excluding hydrogens is 367 g/mol. The van der Waals surface area contributed by atoms with Crippen LogP contribution in [0.3, 0.4) is 0 Å². The van der Waals surface area contributed by atoms with Gasteiger partial charge in [-0.05, 0) is 12.8 Å². The van der Waals surface area contributed by atoms with Crippen LogP contribution in [-0.4, -0.2) is 49.5 Å². The zero-order valence-corrected chi connectivity index (χ0v) is 13.2. The summed E-state index contributed by atoms with van der Waals surface area (Å²) in [6.07, 6.45) is 3.28. The van der Waals surface area contributed by atoms with Crippen LogP contribution in [0.15, 0.2) is 0 Å². The molecule has 2 radical (unpaired) electrons. The molecular formula is C8H16O4Pb. The van der Waals surface area contributed by atoms with E-state index in [-0.39, 0.29) is 40.1 Å². The summed E-state index contributed by atoms with van der Waals surface area (Å²) in [5.74, 6) is -1.57. The standard InChI is InChI=1S/C8H14O4.Pb.2H/c9-7(10)5-3-1-2-4-6-8(11)12;;;/h1-6H2,(H,9,10)(H,11,12);;;. The van der Waals surface area contributed by atoms with Gasteiger partial charge in [-0.3, -0.25) is 9.59 Å². The van der Waals surface area contributed by atoms with Crippen LogP contribution in [0.25, 0.3) is 0 Å². The quantitative estimate of drug-likeness (QED) is 0.498. The fourth-order valence-corrected chi connectivity index (χ4v) is 0.906. The fraction of sp³-hybridized carbons (Fsp3) is 0.750. The Morgan fingerprint density at radius 3 is 1.31 bits per heavy atom. The summed E-state index contributed by atoms with van der Waals surface area (Å²) in [5.41, 5.74) is 0. The molecule has 0 heterocycles. The first-order valence-corrected chi connectivity index (χ1v) is 4.06. The molecule has 0 aliphatic rings. The maximum atomic E-state index is 10.0. The van der Waals surface area contributed by atoms with Gasteiger partial charge in [-0.25, -0.2) is 0 Å². The van der Waals surface area contributed by atoms with Gasteiger partial charge in [0.05, 0.1) is 0 Å². The molecule has 0 fully saturated rings. The SMILES string of the molecule is O=C(O)CCCCCCC(=O)O.[PbH2]. The fourth-order valence-electron chi connectivity index (χ4n) is 0.906. The molecule has 0 saturated heterocycles. The Morgan fingerprint density at radius 2 is 1.08 bits per heavy atom. The van der Waals surface area contributed by atoms with Crippen molar-refractivity contribution in [3.63, 3.8) is 0 Å². The monoisotopic (exact) mass is 384 g/mol. The van der Waals surface area contributed by atoms with Crippen LogP contribution < -0.4 is 0 Å². The number of carboxylic acids is 2. The van der Waals surface area contributed by atoms with E-state index in [1.165, 1.54) is 0 Å². The van der Waals surface area contributed by atoms with Crippen molar-refractivity contribution in [2.24, 2.45) is 0 Å². The Balaban J connectivity index is 0.